The number of amides is 1. The van der Waals surface area contributed by atoms with Gasteiger partial charge in [0, 0.05) is 13.1 Å². The van der Waals surface area contributed by atoms with Crippen molar-refractivity contribution in [3.63, 3.8) is 0 Å². The summed E-state index contributed by atoms with van der Waals surface area (Å²) in [7, 11) is 1.78. The van der Waals surface area contributed by atoms with Crippen LogP contribution in [0.2, 0.25) is 0 Å². The van der Waals surface area contributed by atoms with E-state index in [1.54, 1.807) is 35.0 Å². The van der Waals surface area contributed by atoms with Gasteiger partial charge in [-0.05, 0) is 30.5 Å². The van der Waals surface area contributed by atoms with Gasteiger partial charge in [0.1, 0.15) is 11.6 Å². The minimum absolute atomic E-state index is 0.0386. The molecule has 1 aliphatic heterocycles. The van der Waals surface area contributed by atoms with Gasteiger partial charge >= 0.3 is 0 Å². The van der Waals surface area contributed by atoms with Gasteiger partial charge < -0.3 is 0 Å². The van der Waals surface area contributed by atoms with E-state index in [-0.39, 0.29) is 11.7 Å². The zero-order valence-electron chi connectivity index (χ0n) is 10.4. The summed E-state index contributed by atoms with van der Waals surface area (Å²) in [6, 6.07) is 6.38. The number of hydrogen-bond acceptors (Lipinski definition) is 2. The van der Waals surface area contributed by atoms with Crippen molar-refractivity contribution in [1.82, 2.24) is 9.78 Å². The number of anilines is 2. The van der Waals surface area contributed by atoms with Crippen molar-refractivity contribution in [2.24, 2.45) is 7.05 Å². The van der Waals surface area contributed by atoms with E-state index < -0.39 is 5.41 Å². The molecule has 1 spiro atoms. The predicted octanol–water partition coefficient (Wildman–Crippen LogP) is 2.27. The van der Waals surface area contributed by atoms with Crippen molar-refractivity contribution in [3.8, 4) is 0 Å². The molecule has 4 nitrogen and oxygen atoms in total. The molecule has 1 saturated carbocycles. The van der Waals surface area contributed by atoms with Crippen LogP contribution in [0.3, 0.4) is 0 Å². The lowest BCUT2D eigenvalue weighted by Crippen LogP contribution is -2.29. The zero-order chi connectivity index (χ0) is 13.2. The van der Waals surface area contributed by atoms with Crippen LogP contribution in [0.1, 0.15) is 18.4 Å². The number of carbonyl (C=O) groups excluding carboxylic acids is 1. The second-order valence-electron chi connectivity index (χ2n) is 5.20. The van der Waals surface area contributed by atoms with Crippen LogP contribution in [0.15, 0.2) is 30.5 Å². The third kappa shape index (κ3) is 1.22. The molecule has 0 bridgehead atoms. The molecule has 5 heteroatoms. The second kappa shape index (κ2) is 3.23. The fraction of sp³-hybridized carbons (Fsp3) is 0.286. The molecule has 4 rings (SSSR count). The van der Waals surface area contributed by atoms with Crippen LogP contribution >= 0.6 is 0 Å². The van der Waals surface area contributed by atoms with Gasteiger partial charge in [0.25, 0.3) is 0 Å². The molecular formula is C14H12FN3O. The molecule has 0 atom stereocenters. The van der Waals surface area contributed by atoms with E-state index in [4.69, 9.17) is 0 Å². The SMILES string of the molecule is Cn1nccc1N1C(=O)C2(CC2)c2ccc(F)cc21. The fourth-order valence-corrected chi connectivity index (χ4v) is 2.96. The Bertz CT molecular complexity index is 702. The first-order chi connectivity index (χ1) is 9.13. The van der Waals surface area contributed by atoms with Gasteiger partial charge in [0.05, 0.1) is 17.3 Å². The van der Waals surface area contributed by atoms with E-state index in [0.29, 0.717) is 11.5 Å². The highest BCUT2D eigenvalue weighted by molar-refractivity contribution is 6.14. The number of aromatic nitrogens is 2. The monoisotopic (exact) mass is 257 g/mol. The van der Waals surface area contributed by atoms with Crippen LogP contribution in [0.4, 0.5) is 15.9 Å². The number of rotatable bonds is 1. The summed E-state index contributed by atoms with van der Waals surface area (Å²) in [5, 5.41) is 4.09. The van der Waals surface area contributed by atoms with Gasteiger partial charge in [-0.1, -0.05) is 6.07 Å². The lowest BCUT2D eigenvalue weighted by atomic mass is 9.98. The maximum absolute atomic E-state index is 13.5. The van der Waals surface area contributed by atoms with Gasteiger partial charge in [-0.3, -0.25) is 14.4 Å². The van der Waals surface area contributed by atoms with E-state index in [9.17, 15) is 9.18 Å². The van der Waals surface area contributed by atoms with Gasteiger partial charge in [-0.25, -0.2) is 4.39 Å². The van der Waals surface area contributed by atoms with Gasteiger partial charge in [0.2, 0.25) is 5.91 Å². The first-order valence-electron chi connectivity index (χ1n) is 6.26. The average molecular weight is 257 g/mol. The number of carbonyl (C=O) groups is 1. The maximum atomic E-state index is 13.5. The van der Waals surface area contributed by atoms with Crippen molar-refractivity contribution >= 4 is 17.4 Å². The fourth-order valence-electron chi connectivity index (χ4n) is 2.96. The molecule has 2 aliphatic rings. The molecule has 19 heavy (non-hydrogen) atoms. The topological polar surface area (TPSA) is 38.1 Å². The Morgan fingerprint density at radius 1 is 1.32 bits per heavy atom. The van der Waals surface area contributed by atoms with Crippen LogP contribution in [0.5, 0.6) is 0 Å². The smallest absolute Gasteiger partial charge is 0.243 e. The molecule has 1 amide bonds. The van der Waals surface area contributed by atoms with Crippen LogP contribution in [-0.2, 0) is 17.3 Å². The molecule has 0 N–H and O–H groups in total. The van der Waals surface area contributed by atoms with Gasteiger partial charge in [-0.15, -0.1) is 0 Å². The number of halogens is 1. The van der Waals surface area contributed by atoms with Crippen LogP contribution in [-0.4, -0.2) is 15.7 Å². The van der Waals surface area contributed by atoms with Crippen LogP contribution in [0, 0.1) is 5.82 Å². The number of hydrogen-bond donors (Lipinski definition) is 0. The minimum Gasteiger partial charge on any atom is -0.273 e. The zero-order valence-corrected chi connectivity index (χ0v) is 10.4. The van der Waals surface area contributed by atoms with Crippen molar-refractivity contribution in [2.45, 2.75) is 18.3 Å². The Morgan fingerprint density at radius 2 is 2.11 bits per heavy atom. The van der Waals surface area contributed by atoms with E-state index in [1.807, 2.05) is 0 Å². The molecule has 2 aromatic rings. The van der Waals surface area contributed by atoms with Crippen molar-refractivity contribution in [3.05, 3.63) is 41.8 Å². The second-order valence-corrected chi connectivity index (χ2v) is 5.20. The highest BCUT2D eigenvalue weighted by Gasteiger charge is 2.59. The van der Waals surface area contributed by atoms with Gasteiger partial charge in [-0.2, -0.15) is 5.10 Å². The van der Waals surface area contributed by atoms with Crippen molar-refractivity contribution < 1.29 is 9.18 Å². The summed E-state index contributed by atoms with van der Waals surface area (Å²) in [5.74, 6) is 0.397. The number of nitrogens with zero attached hydrogens (tertiary/aromatic N) is 3. The van der Waals surface area contributed by atoms with E-state index in [2.05, 4.69) is 5.10 Å². The largest absolute Gasteiger partial charge is 0.273 e. The first kappa shape index (κ1) is 10.7. The van der Waals surface area contributed by atoms with E-state index in [0.717, 1.165) is 18.4 Å². The summed E-state index contributed by atoms with van der Waals surface area (Å²) in [6.45, 7) is 0. The number of fused-ring (bicyclic) bond motifs is 2. The van der Waals surface area contributed by atoms with E-state index >= 15 is 0 Å². The maximum Gasteiger partial charge on any atom is 0.243 e. The summed E-state index contributed by atoms with van der Waals surface area (Å²) in [6.07, 6.45) is 3.33. The van der Waals surface area contributed by atoms with Crippen LogP contribution in [0.25, 0.3) is 0 Å². The van der Waals surface area contributed by atoms with Crippen molar-refractivity contribution in [2.75, 3.05) is 4.90 Å². The highest BCUT2D eigenvalue weighted by atomic mass is 19.1. The molecule has 1 aliphatic carbocycles. The van der Waals surface area contributed by atoms with Gasteiger partial charge in [0.15, 0.2) is 0 Å². The van der Waals surface area contributed by atoms with E-state index in [1.165, 1.54) is 12.1 Å². The Morgan fingerprint density at radius 3 is 2.74 bits per heavy atom. The predicted molar refractivity (Wildman–Crippen MR) is 67.7 cm³/mol. The molecule has 1 aromatic heterocycles. The molecule has 0 radical (unpaired) electrons. The average Bonchev–Trinajstić information content (AvgIpc) is 3.03. The Balaban J connectivity index is 1.97. The summed E-state index contributed by atoms with van der Waals surface area (Å²) >= 11 is 0. The molecule has 0 saturated heterocycles. The molecule has 96 valence electrons. The summed E-state index contributed by atoms with van der Waals surface area (Å²) < 4.78 is 15.1. The normalized spacial score (nSPS) is 19.1. The Labute approximate surface area is 109 Å². The molecule has 1 fully saturated rings. The third-order valence-corrected chi connectivity index (χ3v) is 4.10. The quantitative estimate of drug-likeness (QED) is 0.786. The lowest BCUT2D eigenvalue weighted by molar-refractivity contribution is -0.119. The number of aryl methyl sites for hydroxylation is 1. The molecular weight excluding hydrogens is 245 g/mol. The Kier molecular flexibility index (Phi) is 1.82. The molecule has 0 unspecified atom stereocenters. The standard InChI is InChI=1S/C14H12FN3O/c1-17-12(4-7-16-17)18-11-8-9(15)2-3-10(11)14(5-6-14)13(18)19/h2-4,7-8H,5-6H2,1H3. The first-order valence-corrected chi connectivity index (χ1v) is 6.26. The highest BCUT2D eigenvalue weighted by Crippen LogP contribution is 2.58. The minimum atomic E-state index is -0.409. The molecule has 2 heterocycles. The summed E-state index contributed by atoms with van der Waals surface area (Å²) in [4.78, 5) is 14.3. The Hall–Kier alpha value is -2.17. The lowest BCUT2D eigenvalue weighted by Gasteiger charge is -2.17. The van der Waals surface area contributed by atoms with Crippen LogP contribution < -0.4 is 4.90 Å². The van der Waals surface area contributed by atoms with Crippen molar-refractivity contribution in [1.29, 1.82) is 0 Å². The molecule has 1 aromatic carbocycles. The third-order valence-electron chi connectivity index (χ3n) is 4.10. The number of benzene rings is 1. The summed E-state index contributed by atoms with van der Waals surface area (Å²) in [5.41, 5.74) is 1.19.